The van der Waals surface area contributed by atoms with Gasteiger partial charge in [-0.15, -0.1) is 0 Å². The normalized spacial score (nSPS) is 15.6. The molecule has 0 aromatic heterocycles. The van der Waals surface area contributed by atoms with Crippen LogP contribution < -0.4 is 0 Å². The lowest BCUT2D eigenvalue weighted by Gasteiger charge is -2.37. The smallest absolute Gasteiger partial charge is 0.0654 e. The Hall–Kier alpha value is -6.24. The molecule has 0 unspecified atom stereocenters. The van der Waals surface area contributed by atoms with Gasteiger partial charge in [-0.05, 0) is 238 Å². The minimum atomic E-state index is -0.238. The van der Waals surface area contributed by atoms with Crippen LogP contribution >= 0.6 is 0 Å². The van der Waals surface area contributed by atoms with Gasteiger partial charge in [0.2, 0.25) is 0 Å². The highest BCUT2D eigenvalue weighted by molar-refractivity contribution is 5.90. The molecule has 0 heterocycles. The first kappa shape index (κ1) is 51.2. The largest absolute Gasteiger partial charge is 0.0713 e. The number of aryl methyl sites for hydroxylation is 12. The summed E-state index contributed by atoms with van der Waals surface area (Å²) in [6.07, 6.45) is 28.7. The van der Waals surface area contributed by atoms with Gasteiger partial charge in [0.25, 0.3) is 0 Å². The van der Waals surface area contributed by atoms with Gasteiger partial charge in [0.15, 0.2) is 0 Å². The van der Waals surface area contributed by atoms with Gasteiger partial charge in [-0.3, -0.25) is 0 Å². The third-order valence-electron chi connectivity index (χ3n) is 20.4. The average Bonchev–Trinajstić information content (AvgIpc) is 3.55. The second-order valence-corrected chi connectivity index (χ2v) is 25.3. The van der Waals surface area contributed by atoms with E-state index in [-0.39, 0.29) is 10.8 Å². The van der Waals surface area contributed by atoms with Crippen LogP contribution in [0.25, 0.3) is 44.5 Å². The van der Waals surface area contributed by atoms with E-state index in [2.05, 4.69) is 175 Å². The van der Waals surface area contributed by atoms with Crippen LogP contribution in [-0.2, 0) is 62.2 Å². The van der Waals surface area contributed by atoms with Crippen molar-refractivity contribution in [3.05, 3.63) is 234 Å². The van der Waals surface area contributed by atoms with Gasteiger partial charge in [0.05, 0.1) is 5.41 Å². The van der Waals surface area contributed by atoms with E-state index >= 15 is 0 Å². The van der Waals surface area contributed by atoms with Crippen LogP contribution in [0.4, 0.5) is 0 Å². The highest BCUT2D eigenvalue weighted by Crippen LogP contribution is 2.59. The van der Waals surface area contributed by atoms with E-state index in [9.17, 15) is 0 Å². The molecule has 0 bridgehead atoms. The van der Waals surface area contributed by atoms with Gasteiger partial charge < -0.3 is 0 Å². The van der Waals surface area contributed by atoms with Crippen molar-refractivity contribution in [3.8, 4) is 44.5 Å². The summed E-state index contributed by atoms with van der Waals surface area (Å²) >= 11 is 0. The van der Waals surface area contributed by atoms with E-state index in [4.69, 9.17) is 0 Å². The highest BCUT2D eigenvalue weighted by Gasteiger charge is 2.48. The van der Waals surface area contributed by atoms with Crippen molar-refractivity contribution in [1.82, 2.24) is 0 Å². The molecular weight excluding hydrogens is 937 g/mol. The molecule has 0 heteroatoms. The van der Waals surface area contributed by atoms with E-state index < -0.39 is 0 Å². The second kappa shape index (κ2) is 21.1. The fraction of sp³-hybridized carbons (Fsp3) is 0.385. The zero-order chi connectivity index (χ0) is 53.1. The molecule has 396 valence electrons. The monoisotopic (exact) mass is 1020 g/mol. The first-order valence-corrected chi connectivity index (χ1v) is 31.2. The molecule has 0 aliphatic heterocycles. The second-order valence-electron chi connectivity index (χ2n) is 25.3. The quantitative estimate of drug-likeness (QED) is 0.0752. The fourth-order valence-corrected chi connectivity index (χ4v) is 15.4. The molecule has 6 aliphatic carbocycles. The van der Waals surface area contributed by atoms with E-state index in [0.717, 1.165) is 0 Å². The maximum Gasteiger partial charge on any atom is 0.0713 e. The molecule has 78 heavy (non-hydrogen) atoms. The maximum absolute atomic E-state index is 2.65. The number of unbranched alkanes of at least 4 members (excludes halogenated alkanes) is 10. The molecule has 0 atom stereocenters. The van der Waals surface area contributed by atoms with Gasteiger partial charge >= 0.3 is 0 Å². The van der Waals surface area contributed by atoms with Crippen molar-refractivity contribution in [1.29, 1.82) is 0 Å². The predicted octanol–water partition coefficient (Wildman–Crippen LogP) is 20.5. The molecule has 0 nitrogen and oxygen atoms in total. The number of hydrogen-bond donors (Lipinski definition) is 0. The van der Waals surface area contributed by atoms with Crippen LogP contribution in [0.15, 0.2) is 133 Å². The van der Waals surface area contributed by atoms with Crippen LogP contribution in [-0.4, -0.2) is 0 Å². The van der Waals surface area contributed by atoms with Gasteiger partial charge in [0.1, 0.15) is 0 Å². The van der Waals surface area contributed by atoms with Gasteiger partial charge in [-0.1, -0.05) is 223 Å². The Kier molecular flexibility index (Phi) is 13.9. The standard InChI is InChI=1S/C47H58.C31H26/c1-5-7-9-11-13-15-25-47(26-16-14-12-10-8-6-2)45-27-33(3)41(39-23-19-35-17-21-37(35)29-39)31-43(45)44-32-42(34(4)28-46(44)47)40-24-20-36-18-22-38(36)30-40;1-19-3-13-27-28-14-4-20(2)16-30(28)31(29(27)15-19,25-11-9-21-5-7-23(21)17-25)26-12-10-22-6-8-24(22)18-26/h19-20,23-24,27-32H,5-18,21-22,25-26H2,1-4H3;3-4,9-18H,5-8H2,1-2H3. The summed E-state index contributed by atoms with van der Waals surface area (Å²) in [5, 5.41) is 0. The minimum absolute atomic E-state index is 0.119. The summed E-state index contributed by atoms with van der Waals surface area (Å²) < 4.78 is 0. The molecule has 14 rings (SSSR count). The van der Waals surface area contributed by atoms with E-state index in [1.807, 2.05) is 0 Å². The van der Waals surface area contributed by atoms with Crippen molar-refractivity contribution in [3.63, 3.8) is 0 Å². The SMILES string of the molecule is CCCCCCCCC1(CCCCCCCC)c2cc(C)c(-c3ccc4c(c3)CC4)cc2-c2cc(-c3ccc4c(c3)CC4)c(C)cc21.Cc1ccc2c(c1)C(c1ccc3c(c1)CC3)(c1ccc3c(c1)CC3)c1cc(C)ccc1-2. The molecular formula is C78H84. The topological polar surface area (TPSA) is 0 Å². The Balaban J connectivity index is 0.000000161. The molecule has 0 amide bonds. The van der Waals surface area contributed by atoms with Crippen molar-refractivity contribution in [2.45, 2.75) is 194 Å². The number of rotatable bonds is 18. The minimum Gasteiger partial charge on any atom is -0.0654 e. The molecule has 0 radical (unpaired) electrons. The lowest BCUT2D eigenvalue weighted by Crippen LogP contribution is -2.30. The van der Waals surface area contributed by atoms with Crippen LogP contribution in [0.1, 0.15) is 204 Å². The summed E-state index contributed by atoms with van der Waals surface area (Å²) in [6.45, 7) is 13.9. The maximum atomic E-state index is 2.65. The van der Waals surface area contributed by atoms with Crippen molar-refractivity contribution >= 4 is 0 Å². The first-order valence-electron chi connectivity index (χ1n) is 31.2. The fourth-order valence-electron chi connectivity index (χ4n) is 15.4. The van der Waals surface area contributed by atoms with Crippen molar-refractivity contribution < 1.29 is 0 Å². The Morgan fingerprint density at radius 2 is 0.667 bits per heavy atom. The van der Waals surface area contributed by atoms with Crippen molar-refractivity contribution in [2.24, 2.45) is 0 Å². The zero-order valence-electron chi connectivity index (χ0n) is 48.3. The first-order chi connectivity index (χ1) is 38.2. The Labute approximate surface area is 469 Å². The van der Waals surface area contributed by atoms with Crippen molar-refractivity contribution in [2.75, 3.05) is 0 Å². The number of hydrogen-bond acceptors (Lipinski definition) is 0. The van der Waals surface area contributed by atoms with Gasteiger partial charge in [-0.2, -0.15) is 0 Å². The zero-order valence-corrected chi connectivity index (χ0v) is 48.3. The Bertz CT molecular complexity index is 3370. The van der Waals surface area contributed by atoms with Crippen LogP contribution in [0.2, 0.25) is 0 Å². The molecule has 6 aliphatic rings. The molecule has 0 saturated carbocycles. The van der Waals surface area contributed by atoms with Crippen LogP contribution in [0, 0.1) is 27.7 Å². The summed E-state index contributed by atoms with van der Waals surface area (Å²) in [4.78, 5) is 0. The average molecular weight is 1020 g/mol. The lowest BCUT2D eigenvalue weighted by atomic mass is 9.65. The molecule has 8 aromatic rings. The molecule has 0 spiro atoms. The van der Waals surface area contributed by atoms with Gasteiger partial charge in [0, 0.05) is 5.41 Å². The van der Waals surface area contributed by atoms with Crippen LogP contribution in [0.5, 0.6) is 0 Å². The number of benzene rings is 8. The van der Waals surface area contributed by atoms with Crippen LogP contribution in [0.3, 0.4) is 0 Å². The van der Waals surface area contributed by atoms with E-state index in [1.54, 1.807) is 33.4 Å². The third kappa shape index (κ3) is 8.79. The summed E-state index contributed by atoms with van der Waals surface area (Å²) in [6, 6.07) is 53.9. The van der Waals surface area contributed by atoms with Gasteiger partial charge in [-0.25, -0.2) is 0 Å². The molecule has 0 N–H and O–H groups in total. The Morgan fingerprint density at radius 3 is 1.04 bits per heavy atom. The molecule has 0 fully saturated rings. The third-order valence-corrected chi connectivity index (χ3v) is 20.4. The summed E-state index contributed by atoms with van der Waals surface area (Å²) in [5.74, 6) is 0. The van der Waals surface area contributed by atoms with E-state index in [1.165, 1.54) is 253 Å². The summed E-state index contributed by atoms with van der Waals surface area (Å²) in [5.41, 5.74) is 38.3. The summed E-state index contributed by atoms with van der Waals surface area (Å²) in [7, 11) is 0. The highest BCUT2D eigenvalue weighted by atomic mass is 14.5. The Morgan fingerprint density at radius 1 is 0.295 bits per heavy atom. The molecule has 8 aromatic carbocycles. The lowest BCUT2D eigenvalue weighted by molar-refractivity contribution is 0.397. The number of fused-ring (bicyclic) bond motifs is 10. The van der Waals surface area contributed by atoms with E-state index in [0.29, 0.717) is 0 Å². The predicted molar refractivity (Wildman–Crippen MR) is 332 cm³/mol. The molecule has 0 saturated heterocycles.